The largest absolute Gasteiger partial charge is 0.360 e. The first-order valence-electron chi connectivity index (χ1n) is 7.63. The summed E-state index contributed by atoms with van der Waals surface area (Å²) in [5, 5.41) is 6.85. The molecule has 0 unspecified atom stereocenters. The summed E-state index contributed by atoms with van der Waals surface area (Å²) in [5.41, 5.74) is 2.46. The summed E-state index contributed by atoms with van der Waals surface area (Å²) in [7, 11) is 0. The van der Waals surface area contributed by atoms with E-state index in [1.807, 2.05) is 24.3 Å². The highest BCUT2D eigenvalue weighted by molar-refractivity contribution is 6.06. The average molecular weight is 321 g/mol. The number of carbonyl (C=O) groups is 1. The van der Waals surface area contributed by atoms with Gasteiger partial charge in [-0.15, -0.1) is 0 Å². The minimum atomic E-state index is -0.137. The second-order valence-corrected chi connectivity index (χ2v) is 5.57. The van der Waals surface area contributed by atoms with Crippen molar-refractivity contribution in [3.8, 4) is 0 Å². The number of hydrogen-bond donors (Lipinski definition) is 1. The number of benzene rings is 1. The lowest BCUT2D eigenvalue weighted by Gasteiger charge is -2.16. The maximum absolute atomic E-state index is 12.8. The third-order valence-electron chi connectivity index (χ3n) is 3.90. The Morgan fingerprint density at radius 1 is 1.21 bits per heavy atom. The van der Waals surface area contributed by atoms with E-state index in [0.29, 0.717) is 29.6 Å². The zero-order valence-electron chi connectivity index (χ0n) is 13.1. The van der Waals surface area contributed by atoms with Crippen LogP contribution in [0.25, 0.3) is 0 Å². The number of para-hydroxylation sites is 1. The number of fused-ring (bicyclic) bond motifs is 1. The molecule has 3 aromatic rings. The van der Waals surface area contributed by atoms with E-state index in [1.165, 1.54) is 11.9 Å². The van der Waals surface area contributed by atoms with E-state index in [0.717, 1.165) is 12.1 Å². The number of carbonyl (C=O) groups excluding carboxylic acids is 1. The van der Waals surface area contributed by atoms with Crippen LogP contribution in [0.3, 0.4) is 0 Å². The quantitative estimate of drug-likeness (QED) is 0.798. The smallest absolute Gasteiger partial charge is 0.277 e. The summed E-state index contributed by atoms with van der Waals surface area (Å²) in [6.07, 6.45) is 2.22. The minimum absolute atomic E-state index is 0.137. The molecule has 2 aromatic heterocycles. The molecule has 7 heteroatoms. The van der Waals surface area contributed by atoms with Gasteiger partial charge in [-0.25, -0.2) is 9.97 Å². The topological polar surface area (TPSA) is 84.2 Å². The predicted molar refractivity (Wildman–Crippen MR) is 88.4 cm³/mol. The van der Waals surface area contributed by atoms with Crippen LogP contribution in [-0.4, -0.2) is 27.6 Å². The van der Waals surface area contributed by atoms with Crippen molar-refractivity contribution in [1.82, 2.24) is 15.1 Å². The monoisotopic (exact) mass is 321 g/mol. The molecule has 0 saturated heterocycles. The molecule has 1 amide bonds. The molecule has 3 heterocycles. The average Bonchev–Trinajstić information content (AvgIpc) is 3.20. The number of hydrogen-bond acceptors (Lipinski definition) is 6. The molecule has 24 heavy (non-hydrogen) atoms. The fraction of sp³-hybridized carbons (Fsp3) is 0.176. The van der Waals surface area contributed by atoms with E-state index >= 15 is 0 Å². The van der Waals surface area contributed by atoms with Gasteiger partial charge in [0.15, 0.2) is 5.82 Å². The van der Waals surface area contributed by atoms with E-state index in [1.54, 1.807) is 24.0 Å². The van der Waals surface area contributed by atoms with Crippen molar-refractivity contribution < 1.29 is 9.32 Å². The van der Waals surface area contributed by atoms with Gasteiger partial charge in [0.25, 0.3) is 5.91 Å². The number of aromatic nitrogens is 3. The number of nitrogens with one attached hydrogen (secondary N) is 1. The summed E-state index contributed by atoms with van der Waals surface area (Å²) < 4.78 is 5.00. The van der Waals surface area contributed by atoms with Crippen LogP contribution in [0.1, 0.15) is 21.8 Å². The van der Waals surface area contributed by atoms with Gasteiger partial charge in [0.05, 0.1) is 0 Å². The molecule has 0 atom stereocenters. The summed E-state index contributed by atoms with van der Waals surface area (Å²) >= 11 is 0. The Morgan fingerprint density at radius 3 is 2.92 bits per heavy atom. The van der Waals surface area contributed by atoms with Crippen molar-refractivity contribution in [2.75, 3.05) is 16.8 Å². The van der Waals surface area contributed by atoms with Crippen LogP contribution in [0.2, 0.25) is 0 Å². The van der Waals surface area contributed by atoms with E-state index in [9.17, 15) is 4.79 Å². The van der Waals surface area contributed by atoms with Crippen LogP contribution in [0.15, 0.2) is 47.2 Å². The van der Waals surface area contributed by atoms with Gasteiger partial charge in [-0.1, -0.05) is 23.4 Å². The molecule has 0 radical (unpaired) electrons. The van der Waals surface area contributed by atoms with Crippen molar-refractivity contribution in [1.29, 1.82) is 0 Å². The molecule has 0 spiro atoms. The van der Waals surface area contributed by atoms with E-state index in [2.05, 4.69) is 20.4 Å². The Hall–Kier alpha value is -3.22. The van der Waals surface area contributed by atoms with Gasteiger partial charge in [-0.2, -0.15) is 0 Å². The van der Waals surface area contributed by atoms with E-state index in [-0.39, 0.29) is 5.91 Å². The van der Waals surface area contributed by atoms with Gasteiger partial charge in [-0.3, -0.25) is 4.79 Å². The molecule has 1 aromatic carbocycles. The highest BCUT2D eigenvalue weighted by Crippen LogP contribution is 2.28. The Bertz CT molecular complexity index is 905. The Kier molecular flexibility index (Phi) is 3.45. The van der Waals surface area contributed by atoms with Crippen molar-refractivity contribution in [2.24, 2.45) is 0 Å². The fourth-order valence-electron chi connectivity index (χ4n) is 2.79. The molecule has 4 rings (SSSR count). The Labute approximate surface area is 138 Å². The summed E-state index contributed by atoms with van der Waals surface area (Å²) in [4.78, 5) is 22.8. The lowest BCUT2D eigenvalue weighted by atomic mass is 10.2. The lowest BCUT2D eigenvalue weighted by Crippen LogP contribution is -2.29. The maximum Gasteiger partial charge on any atom is 0.277 e. The summed E-state index contributed by atoms with van der Waals surface area (Å²) in [6.45, 7) is 2.46. The van der Waals surface area contributed by atoms with Crippen LogP contribution >= 0.6 is 0 Å². The molecule has 0 aliphatic carbocycles. The number of amides is 1. The molecule has 7 nitrogen and oxygen atoms in total. The summed E-state index contributed by atoms with van der Waals surface area (Å²) in [5.74, 6) is 1.59. The molecule has 0 saturated carbocycles. The summed E-state index contributed by atoms with van der Waals surface area (Å²) in [6, 6.07) is 11.3. The molecule has 0 fully saturated rings. The van der Waals surface area contributed by atoms with E-state index in [4.69, 9.17) is 4.52 Å². The molecule has 1 N–H and O–H groups in total. The zero-order valence-corrected chi connectivity index (χ0v) is 13.1. The van der Waals surface area contributed by atoms with Gasteiger partial charge < -0.3 is 14.7 Å². The molecule has 0 bridgehead atoms. The van der Waals surface area contributed by atoms with E-state index < -0.39 is 0 Å². The Balaban J connectivity index is 1.58. The Morgan fingerprint density at radius 2 is 2.08 bits per heavy atom. The first-order valence-corrected chi connectivity index (χ1v) is 7.63. The van der Waals surface area contributed by atoms with Crippen molar-refractivity contribution in [3.63, 3.8) is 0 Å². The van der Waals surface area contributed by atoms with Crippen LogP contribution in [-0.2, 0) is 6.42 Å². The molecular formula is C17H15N5O2. The first kappa shape index (κ1) is 14.4. The van der Waals surface area contributed by atoms with Crippen molar-refractivity contribution in [3.05, 3.63) is 59.7 Å². The second kappa shape index (κ2) is 5.77. The normalized spacial score (nSPS) is 13.0. The standard InChI is InChI=1S/C17H15N5O2/c1-11-8-16(21-24-11)20-15-9-13(18-10-19-15)17(23)22-7-6-12-4-2-3-5-14(12)22/h2-5,8-10H,6-7H2,1H3,(H,18,19,20,21). The number of aryl methyl sites for hydroxylation is 1. The van der Waals surface area contributed by atoms with Crippen LogP contribution in [0.5, 0.6) is 0 Å². The fourth-order valence-corrected chi connectivity index (χ4v) is 2.79. The van der Waals surface area contributed by atoms with Gasteiger partial charge in [0, 0.05) is 24.4 Å². The third-order valence-corrected chi connectivity index (χ3v) is 3.90. The molecule has 1 aliphatic rings. The van der Waals surface area contributed by atoms with Gasteiger partial charge in [-0.05, 0) is 25.0 Å². The van der Waals surface area contributed by atoms with Crippen molar-refractivity contribution >= 4 is 23.2 Å². The van der Waals surface area contributed by atoms with Crippen LogP contribution in [0.4, 0.5) is 17.3 Å². The van der Waals surface area contributed by atoms with Gasteiger partial charge in [0.1, 0.15) is 23.6 Å². The van der Waals surface area contributed by atoms with Crippen LogP contribution < -0.4 is 10.2 Å². The number of nitrogens with zero attached hydrogens (tertiary/aromatic N) is 4. The first-order chi connectivity index (χ1) is 11.7. The lowest BCUT2D eigenvalue weighted by molar-refractivity contribution is 0.0984. The predicted octanol–water partition coefficient (Wildman–Crippen LogP) is 2.72. The highest BCUT2D eigenvalue weighted by atomic mass is 16.5. The number of rotatable bonds is 3. The zero-order chi connectivity index (χ0) is 16.5. The minimum Gasteiger partial charge on any atom is -0.360 e. The maximum atomic E-state index is 12.8. The van der Waals surface area contributed by atoms with Gasteiger partial charge in [0.2, 0.25) is 0 Å². The molecule has 120 valence electrons. The second-order valence-electron chi connectivity index (χ2n) is 5.57. The molecular weight excluding hydrogens is 306 g/mol. The molecule has 1 aliphatic heterocycles. The van der Waals surface area contributed by atoms with Crippen LogP contribution in [0, 0.1) is 6.92 Å². The van der Waals surface area contributed by atoms with Gasteiger partial charge >= 0.3 is 0 Å². The highest BCUT2D eigenvalue weighted by Gasteiger charge is 2.26. The third kappa shape index (κ3) is 2.60. The SMILES string of the molecule is Cc1cc(Nc2cc(C(=O)N3CCc4ccccc43)ncn2)no1. The van der Waals surface area contributed by atoms with Crippen molar-refractivity contribution in [2.45, 2.75) is 13.3 Å². The number of anilines is 3.